The molecule has 2 fully saturated rings. The van der Waals surface area contributed by atoms with Gasteiger partial charge in [0.1, 0.15) is 12.3 Å². The van der Waals surface area contributed by atoms with E-state index in [-0.39, 0.29) is 69.1 Å². The molecule has 1 aromatic carbocycles. The largest absolute Gasteiger partial charge is 0.466 e. The Morgan fingerprint density at radius 2 is 1.90 bits per heavy atom. The highest BCUT2D eigenvalue weighted by Gasteiger charge is 2.34. The number of carbonyl (C=O) groups excluding carboxylic acids is 3. The number of cyclic esters (lactones) is 1. The number of nitrogens with zero attached hydrogens (tertiary/aromatic N) is 4. The summed E-state index contributed by atoms with van der Waals surface area (Å²) in [6.45, 7) is 6.34. The second-order valence-corrected chi connectivity index (χ2v) is 8.78. The van der Waals surface area contributed by atoms with Gasteiger partial charge in [-0.25, -0.2) is 13.6 Å². The molecule has 0 radical (unpaired) electrons. The minimum atomic E-state index is -0.842. The van der Waals surface area contributed by atoms with Gasteiger partial charge < -0.3 is 29.3 Å². The van der Waals surface area contributed by atoms with Crippen molar-refractivity contribution in [1.82, 2.24) is 15.2 Å². The number of aromatic nitrogens is 1. The minimum absolute atomic E-state index is 0.0136. The highest BCUT2D eigenvalue weighted by molar-refractivity contribution is 5.96. The summed E-state index contributed by atoms with van der Waals surface area (Å²) >= 11 is 0. The Morgan fingerprint density at radius 1 is 1.18 bits per heavy atom. The molecule has 13 heteroatoms. The van der Waals surface area contributed by atoms with Crippen molar-refractivity contribution in [3.05, 3.63) is 66.4 Å². The number of carbonyl (C=O) groups is 3. The quantitative estimate of drug-likeness (QED) is 0.453. The Kier molecular flexibility index (Phi) is 8.79. The van der Waals surface area contributed by atoms with Crippen LogP contribution in [-0.2, 0) is 19.0 Å². The van der Waals surface area contributed by atoms with Gasteiger partial charge in [0.15, 0.2) is 17.7 Å². The summed E-state index contributed by atoms with van der Waals surface area (Å²) in [5.74, 6) is -2.32. The molecule has 1 N–H and O–H groups in total. The molecule has 2 aliphatic heterocycles. The predicted molar refractivity (Wildman–Crippen MR) is 136 cm³/mol. The molecule has 208 valence electrons. The number of amides is 3. The van der Waals surface area contributed by atoms with Crippen molar-refractivity contribution < 1.29 is 37.4 Å². The zero-order valence-electron chi connectivity index (χ0n) is 21.4. The Labute approximate surface area is 223 Å². The Hall–Kier alpha value is -4.42. The van der Waals surface area contributed by atoms with Crippen molar-refractivity contribution in [3.63, 3.8) is 0 Å². The summed E-state index contributed by atoms with van der Waals surface area (Å²) in [7, 11) is 0. The maximum atomic E-state index is 15.1. The molecule has 0 saturated carbocycles. The van der Waals surface area contributed by atoms with Gasteiger partial charge in [0, 0.05) is 50.7 Å². The maximum absolute atomic E-state index is 15.1. The van der Waals surface area contributed by atoms with Crippen LogP contribution in [0, 0.1) is 11.6 Å². The standard InChI is InChI=1S/C26H29F2N5O6/c1-3-37-17(2)38-16-20-15-33(26(36)39-20)19-11-21(27)24(22(28)12-19)32-9-7-31(8-10-32)23(34)14-30-25(35)18-5-4-6-29-13-18/h4-6,11-13,20H,2-3,7-10,14-16H2,1H3,(H,30,35)/t20-/m1/s1. The van der Waals surface area contributed by atoms with Crippen LogP contribution in [-0.4, -0.2) is 86.4 Å². The van der Waals surface area contributed by atoms with E-state index in [0.29, 0.717) is 12.2 Å². The first-order valence-corrected chi connectivity index (χ1v) is 12.4. The third-order valence-corrected chi connectivity index (χ3v) is 6.20. The molecule has 39 heavy (non-hydrogen) atoms. The van der Waals surface area contributed by atoms with Crippen LogP contribution in [0.25, 0.3) is 0 Å². The minimum Gasteiger partial charge on any atom is -0.466 e. The Bertz CT molecular complexity index is 1200. The summed E-state index contributed by atoms with van der Waals surface area (Å²) in [5.41, 5.74) is 0.113. The summed E-state index contributed by atoms with van der Waals surface area (Å²) in [6, 6.07) is 5.36. The number of nitrogens with one attached hydrogen (secondary N) is 1. The van der Waals surface area contributed by atoms with Crippen molar-refractivity contribution in [1.29, 1.82) is 0 Å². The molecular formula is C26H29F2N5O6. The normalized spacial score (nSPS) is 17.1. The van der Waals surface area contributed by atoms with Crippen molar-refractivity contribution in [3.8, 4) is 0 Å². The first-order valence-electron chi connectivity index (χ1n) is 12.4. The Morgan fingerprint density at radius 3 is 2.54 bits per heavy atom. The lowest BCUT2D eigenvalue weighted by Crippen LogP contribution is -2.51. The van der Waals surface area contributed by atoms with Gasteiger partial charge >= 0.3 is 6.09 Å². The number of hydrogen-bond acceptors (Lipinski definition) is 8. The number of pyridine rings is 1. The van der Waals surface area contributed by atoms with Crippen molar-refractivity contribution >= 4 is 29.3 Å². The van der Waals surface area contributed by atoms with Gasteiger partial charge in [-0.2, -0.15) is 0 Å². The molecule has 0 spiro atoms. The zero-order valence-corrected chi connectivity index (χ0v) is 21.4. The number of halogens is 2. The maximum Gasteiger partial charge on any atom is 0.414 e. The smallest absolute Gasteiger partial charge is 0.414 e. The Balaban J connectivity index is 1.31. The van der Waals surface area contributed by atoms with E-state index in [1.165, 1.54) is 22.2 Å². The lowest BCUT2D eigenvalue weighted by Gasteiger charge is -2.36. The van der Waals surface area contributed by atoms with Gasteiger partial charge in [0.05, 0.1) is 30.9 Å². The average molecular weight is 546 g/mol. The number of piperazine rings is 1. The molecular weight excluding hydrogens is 516 g/mol. The van der Waals surface area contributed by atoms with Crippen LogP contribution >= 0.6 is 0 Å². The number of ether oxygens (including phenoxy) is 3. The summed E-state index contributed by atoms with van der Waals surface area (Å²) < 4.78 is 45.8. The molecule has 2 aliphatic rings. The first kappa shape index (κ1) is 27.6. The highest BCUT2D eigenvalue weighted by atomic mass is 19.1. The number of anilines is 2. The fourth-order valence-electron chi connectivity index (χ4n) is 4.26. The van der Waals surface area contributed by atoms with E-state index in [4.69, 9.17) is 14.2 Å². The van der Waals surface area contributed by atoms with E-state index in [9.17, 15) is 14.4 Å². The van der Waals surface area contributed by atoms with Gasteiger partial charge in [0.2, 0.25) is 5.91 Å². The molecule has 0 aliphatic carbocycles. The molecule has 0 bridgehead atoms. The summed E-state index contributed by atoms with van der Waals surface area (Å²) in [4.78, 5) is 45.0. The summed E-state index contributed by atoms with van der Waals surface area (Å²) in [5, 5.41) is 2.55. The number of hydrogen-bond donors (Lipinski definition) is 1. The van der Waals surface area contributed by atoms with Gasteiger partial charge in [-0.1, -0.05) is 0 Å². The molecule has 2 saturated heterocycles. The second-order valence-electron chi connectivity index (χ2n) is 8.78. The topological polar surface area (TPSA) is 114 Å². The molecule has 2 aromatic rings. The zero-order chi connectivity index (χ0) is 27.9. The fourth-order valence-corrected chi connectivity index (χ4v) is 4.26. The van der Waals surface area contributed by atoms with Crippen molar-refractivity contribution in [2.24, 2.45) is 0 Å². The van der Waals surface area contributed by atoms with Gasteiger partial charge in [0.25, 0.3) is 11.9 Å². The molecule has 0 unspecified atom stereocenters. The number of rotatable bonds is 10. The van der Waals surface area contributed by atoms with Crippen molar-refractivity contribution in [2.75, 3.05) is 62.3 Å². The predicted octanol–water partition coefficient (Wildman–Crippen LogP) is 2.29. The monoisotopic (exact) mass is 545 g/mol. The van der Waals surface area contributed by atoms with Crippen LogP contribution in [0.2, 0.25) is 0 Å². The van der Waals surface area contributed by atoms with E-state index >= 15 is 8.78 Å². The third-order valence-electron chi connectivity index (χ3n) is 6.20. The molecule has 11 nitrogen and oxygen atoms in total. The number of benzene rings is 1. The highest BCUT2D eigenvalue weighted by Crippen LogP contribution is 2.31. The van der Waals surface area contributed by atoms with Crippen LogP contribution in [0.1, 0.15) is 17.3 Å². The first-order chi connectivity index (χ1) is 18.8. The van der Waals surface area contributed by atoms with E-state index in [0.717, 1.165) is 17.0 Å². The lowest BCUT2D eigenvalue weighted by atomic mass is 10.2. The SMILES string of the molecule is C=C(OCC)OC[C@H]1CN(c2cc(F)c(N3CCN(C(=O)CNC(=O)c4cccnc4)CC3)c(F)c2)C(=O)O1. The van der Waals surface area contributed by atoms with E-state index < -0.39 is 29.7 Å². The van der Waals surface area contributed by atoms with Gasteiger partial charge in [-0.3, -0.25) is 19.5 Å². The van der Waals surface area contributed by atoms with Crippen LogP contribution in [0.4, 0.5) is 25.0 Å². The fraction of sp³-hybridized carbons (Fsp3) is 0.385. The van der Waals surface area contributed by atoms with Crippen LogP contribution in [0.5, 0.6) is 0 Å². The molecule has 3 heterocycles. The van der Waals surface area contributed by atoms with Gasteiger partial charge in [-0.15, -0.1) is 0 Å². The van der Waals surface area contributed by atoms with Crippen LogP contribution < -0.4 is 15.1 Å². The van der Waals surface area contributed by atoms with E-state index in [2.05, 4.69) is 16.9 Å². The van der Waals surface area contributed by atoms with Crippen LogP contribution in [0.3, 0.4) is 0 Å². The van der Waals surface area contributed by atoms with Crippen LogP contribution in [0.15, 0.2) is 49.2 Å². The summed E-state index contributed by atoms with van der Waals surface area (Å²) in [6.07, 6.45) is 1.52. The van der Waals surface area contributed by atoms with Gasteiger partial charge in [-0.05, 0) is 25.6 Å². The molecule has 3 amide bonds. The van der Waals surface area contributed by atoms with E-state index in [1.807, 2.05) is 0 Å². The third kappa shape index (κ3) is 6.72. The van der Waals surface area contributed by atoms with E-state index in [1.54, 1.807) is 19.1 Å². The second kappa shape index (κ2) is 12.4. The van der Waals surface area contributed by atoms with Crippen molar-refractivity contribution in [2.45, 2.75) is 13.0 Å². The average Bonchev–Trinajstić information content (AvgIpc) is 3.31. The lowest BCUT2D eigenvalue weighted by molar-refractivity contribution is -0.130. The molecule has 1 aromatic heterocycles. The molecule has 1 atom stereocenters. The molecule has 4 rings (SSSR count).